The minimum absolute atomic E-state index is 0.0302. The lowest BCUT2D eigenvalue weighted by molar-refractivity contribution is -0.133. The molecule has 0 spiro atoms. The first-order valence-electron chi connectivity index (χ1n) is 6.38. The summed E-state index contributed by atoms with van der Waals surface area (Å²) in [4.78, 5) is 10.5. The minimum Gasteiger partial charge on any atom is -0.481 e. The van der Waals surface area contributed by atoms with Crippen molar-refractivity contribution in [2.45, 2.75) is 50.6 Å². The summed E-state index contributed by atoms with van der Waals surface area (Å²) < 4.78 is 1.90. The van der Waals surface area contributed by atoms with Crippen molar-refractivity contribution in [2.24, 2.45) is 7.05 Å². The molecule has 0 bridgehead atoms. The average molecular weight is 271 g/mol. The highest BCUT2D eigenvalue weighted by atomic mass is 32.2. The van der Waals surface area contributed by atoms with Gasteiger partial charge in [0.15, 0.2) is 5.16 Å². The molecule has 1 rings (SSSR count). The lowest BCUT2D eigenvalue weighted by Gasteiger charge is -2.02. The number of thioether (sulfide) groups is 1. The Morgan fingerprint density at radius 3 is 2.67 bits per heavy atom. The standard InChI is InChI=1S/C12H21N3O2S/c1-3-4-5-6-7-8-10-13-14-12(15(10)2)18-9-11(16)17/h3-9H2,1-2H3,(H,16,17). The van der Waals surface area contributed by atoms with E-state index in [1.807, 2.05) is 11.6 Å². The largest absolute Gasteiger partial charge is 0.481 e. The highest BCUT2D eigenvalue weighted by Gasteiger charge is 2.10. The summed E-state index contributed by atoms with van der Waals surface area (Å²) in [5.74, 6) is 0.145. The first kappa shape index (κ1) is 15.0. The topological polar surface area (TPSA) is 68.0 Å². The molecule has 18 heavy (non-hydrogen) atoms. The van der Waals surface area contributed by atoms with E-state index in [1.165, 1.54) is 37.4 Å². The Morgan fingerprint density at radius 2 is 2.00 bits per heavy atom. The molecule has 0 saturated carbocycles. The van der Waals surface area contributed by atoms with Crippen LogP contribution in [-0.2, 0) is 18.3 Å². The number of aromatic nitrogens is 3. The van der Waals surface area contributed by atoms with Crippen molar-refractivity contribution in [3.05, 3.63) is 5.82 Å². The van der Waals surface area contributed by atoms with E-state index >= 15 is 0 Å². The molecule has 102 valence electrons. The van der Waals surface area contributed by atoms with Crippen molar-refractivity contribution in [1.29, 1.82) is 0 Å². The Labute approximate surface area is 112 Å². The molecule has 5 nitrogen and oxygen atoms in total. The van der Waals surface area contributed by atoms with Crippen molar-refractivity contribution < 1.29 is 9.90 Å². The fraction of sp³-hybridized carbons (Fsp3) is 0.750. The molecular weight excluding hydrogens is 250 g/mol. The third-order valence-electron chi connectivity index (χ3n) is 2.75. The summed E-state index contributed by atoms with van der Waals surface area (Å²) >= 11 is 1.21. The first-order chi connectivity index (χ1) is 8.65. The lowest BCUT2D eigenvalue weighted by Crippen LogP contribution is -2.02. The van der Waals surface area contributed by atoms with Gasteiger partial charge in [0, 0.05) is 13.5 Å². The first-order valence-corrected chi connectivity index (χ1v) is 7.36. The molecule has 0 unspecified atom stereocenters. The maximum atomic E-state index is 10.5. The zero-order valence-electron chi connectivity index (χ0n) is 11.1. The van der Waals surface area contributed by atoms with Crippen molar-refractivity contribution in [2.75, 3.05) is 5.75 Å². The van der Waals surface area contributed by atoms with Crippen LogP contribution >= 0.6 is 11.8 Å². The van der Waals surface area contributed by atoms with E-state index in [0.717, 1.165) is 18.7 Å². The maximum Gasteiger partial charge on any atom is 0.313 e. The van der Waals surface area contributed by atoms with Crippen LogP contribution in [0.3, 0.4) is 0 Å². The summed E-state index contributed by atoms with van der Waals surface area (Å²) in [6.07, 6.45) is 7.07. The summed E-state index contributed by atoms with van der Waals surface area (Å²) in [7, 11) is 1.89. The van der Waals surface area contributed by atoms with Crippen LogP contribution in [0.2, 0.25) is 0 Å². The number of carbonyl (C=O) groups is 1. The summed E-state index contributed by atoms with van der Waals surface area (Å²) in [5, 5.41) is 17.4. The third-order valence-corrected chi connectivity index (χ3v) is 3.76. The number of hydrogen-bond donors (Lipinski definition) is 1. The van der Waals surface area contributed by atoms with E-state index in [4.69, 9.17) is 5.11 Å². The Bertz CT molecular complexity index is 379. The van der Waals surface area contributed by atoms with E-state index in [-0.39, 0.29) is 5.75 Å². The summed E-state index contributed by atoms with van der Waals surface area (Å²) in [6.45, 7) is 2.20. The van der Waals surface area contributed by atoms with Gasteiger partial charge in [-0.3, -0.25) is 4.79 Å². The number of rotatable bonds is 9. The lowest BCUT2D eigenvalue weighted by atomic mass is 10.1. The van der Waals surface area contributed by atoms with E-state index in [1.54, 1.807) is 0 Å². The Hall–Kier alpha value is -1.04. The zero-order valence-corrected chi connectivity index (χ0v) is 11.9. The van der Waals surface area contributed by atoms with Gasteiger partial charge in [-0.25, -0.2) is 0 Å². The van der Waals surface area contributed by atoms with E-state index in [9.17, 15) is 4.79 Å². The maximum absolute atomic E-state index is 10.5. The number of carboxylic acids is 1. The number of aryl methyl sites for hydroxylation is 1. The van der Waals surface area contributed by atoms with Gasteiger partial charge in [-0.1, -0.05) is 44.4 Å². The molecule has 0 fully saturated rings. The smallest absolute Gasteiger partial charge is 0.313 e. The van der Waals surface area contributed by atoms with Crippen molar-refractivity contribution in [3.63, 3.8) is 0 Å². The molecule has 0 saturated heterocycles. The molecule has 1 N–H and O–H groups in total. The summed E-state index contributed by atoms with van der Waals surface area (Å²) in [5.41, 5.74) is 0. The molecule has 0 aromatic carbocycles. The van der Waals surface area contributed by atoms with Gasteiger partial charge in [-0.15, -0.1) is 10.2 Å². The predicted molar refractivity (Wildman–Crippen MR) is 71.8 cm³/mol. The van der Waals surface area contributed by atoms with Crippen molar-refractivity contribution in [1.82, 2.24) is 14.8 Å². The SMILES string of the molecule is CCCCCCCc1nnc(SCC(=O)O)n1C. The third kappa shape index (κ3) is 5.08. The highest BCUT2D eigenvalue weighted by Crippen LogP contribution is 2.16. The predicted octanol–water partition coefficient (Wildman–Crippen LogP) is 2.50. The molecule has 0 radical (unpaired) electrons. The normalized spacial score (nSPS) is 10.8. The van der Waals surface area contributed by atoms with Gasteiger partial charge >= 0.3 is 5.97 Å². The number of hydrogen-bond acceptors (Lipinski definition) is 4. The van der Waals surface area contributed by atoms with Gasteiger partial charge in [0.1, 0.15) is 5.82 Å². The molecule has 0 aliphatic heterocycles. The Balaban J connectivity index is 2.35. The zero-order chi connectivity index (χ0) is 13.4. The molecular formula is C12H21N3O2S. The minimum atomic E-state index is -0.830. The quantitative estimate of drug-likeness (QED) is 0.552. The molecule has 0 amide bonds. The van der Waals surface area contributed by atoms with Crippen LogP contribution in [0, 0.1) is 0 Å². The molecule has 1 aromatic rings. The molecule has 1 heterocycles. The van der Waals surface area contributed by atoms with Gasteiger partial charge in [0.05, 0.1) is 5.75 Å². The van der Waals surface area contributed by atoms with Crippen molar-refractivity contribution >= 4 is 17.7 Å². The Kier molecular flexibility index (Phi) is 6.78. The fourth-order valence-corrected chi connectivity index (χ4v) is 2.35. The van der Waals surface area contributed by atoms with Crippen molar-refractivity contribution in [3.8, 4) is 0 Å². The van der Waals surface area contributed by atoms with Gasteiger partial charge in [0.2, 0.25) is 0 Å². The molecule has 0 atom stereocenters. The van der Waals surface area contributed by atoms with Crippen LogP contribution in [0.1, 0.15) is 44.9 Å². The van der Waals surface area contributed by atoms with E-state index < -0.39 is 5.97 Å². The average Bonchev–Trinajstić information content (AvgIpc) is 2.68. The van der Waals surface area contributed by atoms with Crippen LogP contribution in [0.15, 0.2) is 5.16 Å². The van der Waals surface area contributed by atoms with Gasteiger partial charge in [-0.2, -0.15) is 0 Å². The van der Waals surface area contributed by atoms with Gasteiger partial charge < -0.3 is 9.67 Å². The van der Waals surface area contributed by atoms with Crippen LogP contribution < -0.4 is 0 Å². The summed E-state index contributed by atoms with van der Waals surface area (Å²) in [6, 6.07) is 0. The number of nitrogens with zero attached hydrogens (tertiary/aromatic N) is 3. The second-order valence-corrected chi connectivity index (χ2v) is 5.25. The van der Waals surface area contributed by atoms with Gasteiger partial charge in [-0.05, 0) is 6.42 Å². The molecule has 0 aliphatic carbocycles. The number of carboxylic acid groups (broad SMARTS) is 1. The monoisotopic (exact) mass is 271 g/mol. The van der Waals surface area contributed by atoms with Crippen LogP contribution in [0.25, 0.3) is 0 Å². The fourth-order valence-electron chi connectivity index (χ4n) is 1.70. The van der Waals surface area contributed by atoms with Crippen LogP contribution in [-0.4, -0.2) is 31.6 Å². The number of unbranched alkanes of at least 4 members (excludes halogenated alkanes) is 4. The number of aliphatic carboxylic acids is 1. The molecule has 1 aromatic heterocycles. The van der Waals surface area contributed by atoms with Gasteiger partial charge in [0.25, 0.3) is 0 Å². The van der Waals surface area contributed by atoms with Crippen LogP contribution in [0.5, 0.6) is 0 Å². The van der Waals surface area contributed by atoms with E-state index in [0.29, 0.717) is 5.16 Å². The molecule has 0 aliphatic rings. The second-order valence-electron chi connectivity index (χ2n) is 4.30. The van der Waals surface area contributed by atoms with Crippen LogP contribution in [0.4, 0.5) is 0 Å². The Morgan fingerprint density at radius 1 is 1.28 bits per heavy atom. The van der Waals surface area contributed by atoms with E-state index in [2.05, 4.69) is 17.1 Å². The highest BCUT2D eigenvalue weighted by molar-refractivity contribution is 7.99. The second kappa shape index (κ2) is 8.13. The molecule has 6 heteroatoms.